The molecule has 0 bridgehead atoms. The molecule has 0 atom stereocenters. The molecule has 148 valence electrons. The van der Waals surface area contributed by atoms with E-state index in [2.05, 4.69) is 24.2 Å². The predicted molar refractivity (Wildman–Crippen MR) is 119 cm³/mol. The lowest BCUT2D eigenvalue weighted by molar-refractivity contribution is 0.0979. The summed E-state index contributed by atoms with van der Waals surface area (Å²) in [5.41, 5.74) is 4.68. The molecule has 0 aliphatic rings. The molecule has 4 rings (SSSR count). The lowest BCUT2D eigenvalue weighted by Gasteiger charge is -2.19. The number of rotatable bonds is 6. The molecule has 0 unspecified atom stereocenters. The number of hydrogen-bond acceptors (Lipinski definition) is 4. The molecule has 0 aliphatic heterocycles. The summed E-state index contributed by atoms with van der Waals surface area (Å²) in [7, 11) is 0. The van der Waals surface area contributed by atoms with Gasteiger partial charge in [-0.2, -0.15) is 5.10 Å². The average Bonchev–Trinajstić information content (AvgIpc) is 3.34. The van der Waals surface area contributed by atoms with Crippen molar-refractivity contribution in [1.29, 1.82) is 0 Å². The number of hydrogen-bond donors (Lipinski definition) is 0. The van der Waals surface area contributed by atoms with E-state index in [0.717, 1.165) is 34.4 Å². The zero-order chi connectivity index (χ0) is 20.4. The molecule has 29 heavy (non-hydrogen) atoms. The van der Waals surface area contributed by atoms with E-state index in [1.807, 2.05) is 61.0 Å². The average molecular weight is 405 g/mol. The fraction of sp³-hybridized carbons (Fsp3) is 0.261. The Labute approximate surface area is 174 Å². The van der Waals surface area contributed by atoms with Crippen molar-refractivity contribution in [1.82, 2.24) is 14.8 Å². The zero-order valence-electron chi connectivity index (χ0n) is 16.9. The van der Waals surface area contributed by atoms with Gasteiger partial charge >= 0.3 is 0 Å². The van der Waals surface area contributed by atoms with Gasteiger partial charge < -0.3 is 0 Å². The van der Waals surface area contributed by atoms with Gasteiger partial charge in [0, 0.05) is 12.2 Å². The Bertz CT molecular complexity index is 1150. The van der Waals surface area contributed by atoms with E-state index >= 15 is 0 Å². The number of benzene rings is 2. The number of amides is 1. The molecule has 6 heteroatoms. The van der Waals surface area contributed by atoms with Gasteiger partial charge in [-0.25, -0.2) is 4.98 Å². The van der Waals surface area contributed by atoms with Crippen LogP contribution in [0, 0.1) is 6.92 Å². The fourth-order valence-electron chi connectivity index (χ4n) is 3.36. The van der Waals surface area contributed by atoms with E-state index in [1.54, 1.807) is 16.2 Å². The van der Waals surface area contributed by atoms with Gasteiger partial charge in [0.1, 0.15) is 0 Å². The third-order valence-electron chi connectivity index (χ3n) is 5.01. The summed E-state index contributed by atoms with van der Waals surface area (Å²) in [4.78, 5) is 20.0. The SMILES string of the molecule is CCc1ccc2nc(N(Cc3ccccc3)C(=O)c3cc(C)n(CC)n3)sc2c1. The van der Waals surface area contributed by atoms with Crippen LogP contribution in [0.25, 0.3) is 10.2 Å². The van der Waals surface area contributed by atoms with Crippen LogP contribution in [0.2, 0.25) is 0 Å². The summed E-state index contributed by atoms with van der Waals surface area (Å²) in [6, 6.07) is 18.2. The van der Waals surface area contributed by atoms with Gasteiger partial charge in [0.2, 0.25) is 0 Å². The van der Waals surface area contributed by atoms with E-state index < -0.39 is 0 Å². The van der Waals surface area contributed by atoms with Crippen LogP contribution >= 0.6 is 11.3 Å². The highest BCUT2D eigenvalue weighted by atomic mass is 32.1. The molecule has 4 aromatic rings. The molecule has 0 saturated heterocycles. The minimum atomic E-state index is -0.126. The zero-order valence-corrected chi connectivity index (χ0v) is 17.7. The van der Waals surface area contributed by atoms with Crippen LogP contribution in [0.15, 0.2) is 54.6 Å². The first-order valence-corrected chi connectivity index (χ1v) is 10.7. The van der Waals surface area contributed by atoms with E-state index in [4.69, 9.17) is 4.98 Å². The summed E-state index contributed by atoms with van der Waals surface area (Å²) in [5, 5.41) is 5.20. The topological polar surface area (TPSA) is 51.0 Å². The van der Waals surface area contributed by atoms with Crippen molar-refractivity contribution in [2.45, 2.75) is 40.3 Å². The second-order valence-electron chi connectivity index (χ2n) is 7.02. The van der Waals surface area contributed by atoms with Crippen LogP contribution in [0.5, 0.6) is 0 Å². The molecule has 0 spiro atoms. The Morgan fingerprint density at radius 2 is 1.86 bits per heavy atom. The summed E-state index contributed by atoms with van der Waals surface area (Å²) in [5.74, 6) is -0.126. The first kappa shape index (κ1) is 19.3. The number of aromatic nitrogens is 3. The summed E-state index contributed by atoms with van der Waals surface area (Å²) < 4.78 is 2.94. The highest BCUT2D eigenvalue weighted by molar-refractivity contribution is 7.22. The Kier molecular flexibility index (Phi) is 5.45. The maximum Gasteiger partial charge on any atom is 0.280 e. The molecule has 0 saturated carbocycles. The fourth-order valence-corrected chi connectivity index (χ4v) is 4.38. The Balaban J connectivity index is 1.76. The van der Waals surface area contributed by atoms with Crippen molar-refractivity contribution >= 4 is 32.6 Å². The van der Waals surface area contributed by atoms with E-state index in [9.17, 15) is 4.79 Å². The lowest BCUT2D eigenvalue weighted by atomic mass is 10.2. The first-order chi connectivity index (χ1) is 14.1. The van der Waals surface area contributed by atoms with Crippen molar-refractivity contribution in [2.24, 2.45) is 0 Å². The predicted octanol–water partition coefficient (Wildman–Crippen LogP) is 5.23. The Morgan fingerprint density at radius 3 is 2.55 bits per heavy atom. The van der Waals surface area contributed by atoms with Crippen LogP contribution < -0.4 is 4.90 Å². The third kappa shape index (κ3) is 3.93. The summed E-state index contributed by atoms with van der Waals surface area (Å²) >= 11 is 1.55. The number of thiazole rings is 1. The van der Waals surface area contributed by atoms with E-state index in [0.29, 0.717) is 17.4 Å². The van der Waals surface area contributed by atoms with Crippen LogP contribution in [0.3, 0.4) is 0 Å². The number of carbonyl (C=O) groups is 1. The second-order valence-corrected chi connectivity index (χ2v) is 8.02. The molecule has 5 nitrogen and oxygen atoms in total. The monoisotopic (exact) mass is 404 g/mol. The van der Waals surface area contributed by atoms with Gasteiger partial charge in [0.15, 0.2) is 10.8 Å². The number of anilines is 1. The molecular weight excluding hydrogens is 380 g/mol. The summed E-state index contributed by atoms with van der Waals surface area (Å²) in [6.07, 6.45) is 0.976. The molecule has 0 radical (unpaired) electrons. The normalized spacial score (nSPS) is 11.1. The van der Waals surface area contributed by atoms with Crippen molar-refractivity contribution in [2.75, 3.05) is 4.90 Å². The number of carbonyl (C=O) groups excluding carboxylic acids is 1. The minimum absolute atomic E-state index is 0.126. The van der Waals surface area contributed by atoms with Gasteiger partial charge in [0.05, 0.1) is 16.8 Å². The summed E-state index contributed by atoms with van der Waals surface area (Å²) in [6.45, 7) is 7.32. The van der Waals surface area contributed by atoms with Crippen LogP contribution in [-0.4, -0.2) is 20.7 Å². The van der Waals surface area contributed by atoms with Gasteiger partial charge in [-0.3, -0.25) is 14.4 Å². The number of aryl methyl sites for hydroxylation is 3. The maximum atomic E-state index is 13.4. The quantitative estimate of drug-likeness (QED) is 0.442. The molecule has 2 aromatic heterocycles. The highest BCUT2D eigenvalue weighted by Gasteiger charge is 2.24. The Hall–Kier alpha value is -2.99. The van der Waals surface area contributed by atoms with Gasteiger partial charge in [-0.1, -0.05) is 54.7 Å². The highest BCUT2D eigenvalue weighted by Crippen LogP contribution is 2.31. The Morgan fingerprint density at radius 1 is 1.07 bits per heavy atom. The van der Waals surface area contributed by atoms with Crippen molar-refractivity contribution in [3.8, 4) is 0 Å². The van der Waals surface area contributed by atoms with Crippen LogP contribution in [0.1, 0.15) is 41.2 Å². The maximum absolute atomic E-state index is 13.4. The molecule has 0 N–H and O–H groups in total. The first-order valence-electron chi connectivity index (χ1n) is 9.88. The van der Waals surface area contributed by atoms with Crippen molar-refractivity contribution in [3.05, 3.63) is 77.1 Å². The minimum Gasteiger partial charge on any atom is -0.278 e. The van der Waals surface area contributed by atoms with E-state index in [-0.39, 0.29) is 5.91 Å². The molecule has 2 heterocycles. The smallest absolute Gasteiger partial charge is 0.278 e. The molecular formula is C23H24N4OS. The molecule has 0 aliphatic carbocycles. The number of nitrogens with zero attached hydrogens (tertiary/aromatic N) is 4. The lowest BCUT2D eigenvalue weighted by Crippen LogP contribution is -2.30. The largest absolute Gasteiger partial charge is 0.280 e. The van der Waals surface area contributed by atoms with Crippen LogP contribution in [-0.2, 0) is 19.5 Å². The second kappa shape index (κ2) is 8.17. The van der Waals surface area contributed by atoms with Gasteiger partial charge in [-0.15, -0.1) is 0 Å². The van der Waals surface area contributed by atoms with Gasteiger partial charge in [0.25, 0.3) is 5.91 Å². The van der Waals surface area contributed by atoms with Gasteiger partial charge in [-0.05, 0) is 49.6 Å². The third-order valence-corrected chi connectivity index (χ3v) is 6.05. The van der Waals surface area contributed by atoms with E-state index in [1.165, 1.54) is 5.56 Å². The van der Waals surface area contributed by atoms with Crippen molar-refractivity contribution < 1.29 is 4.79 Å². The van der Waals surface area contributed by atoms with Crippen LogP contribution in [0.4, 0.5) is 5.13 Å². The standard InChI is InChI=1S/C23H24N4OS/c1-4-17-11-12-19-21(14-17)29-23(24-19)26(15-18-9-7-6-8-10-18)22(28)20-13-16(3)27(5-2)25-20/h6-14H,4-5,15H2,1-3H3. The molecule has 0 fully saturated rings. The van der Waals surface area contributed by atoms with Crippen molar-refractivity contribution in [3.63, 3.8) is 0 Å². The molecule has 1 amide bonds. The number of fused-ring (bicyclic) bond motifs is 1. The molecule has 2 aromatic carbocycles.